The van der Waals surface area contributed by atoms with Crippen molar-refractivity contribution in [3.05, 3.63) is 28.7 Å². The van der Waals surface area contributed by atoms with E-state index in [0.29, 0.717) is 4.90 Å². The Morgan fingerprint density at radius 1 is 1.38 bits per heavy atom. The molecule has 0 saturated carbocycles. The minimum atomic E-state index is -4.57. The van der Waals surface area contributed by atoms with Crippen LogP contribution in [0.1, 0.15) is 12.2 Å². The Morgan fingerprint density at radius 3 is 2.70 bits per heavy atom. The molecule has 2 fully saturated rings. The average molecular weight is 562 g/mol. The van der Waals surface area contributed by atoms with Crippen molar-refractivity contribution in [3.63, 3.8) is 0 Å². The summed E-state index contributed by atoms with van der Waals surface area (Å²) in [4.78, 5) is 60.2. The number of nitrogen functional groups attached to an aromatic ring is 1. The molecule has 0 unspecified atom stereocenters. The number of hydrogen-bond acceptors (Lipinski definition) is 11. The summed E-state index contributed by atoms with van der Waals surface area (Å²) < 4.78 is 42.0. The standard InChI is InChI=1S/C19H18F3N7O6S2/c1-35-26-9(12-25-18(23)37-27-12)13(30)24-10-15(32)29-11(17(33)34)8(5-36-16(10)29)4-7-2-3-28(14(7)31)6-19(20,21)22/h4,10,16H,2-3,5-6H2,1H3,(H,24,30)(H,33,34)(H2,23,25,27)/b7-4+,26-9-/t10-,16-/m1/s1. The van der Waals surface area contributed by atoms with E-state index in [1.54, 1.807) is 0 Å². The van der Waals surface area contributed by atoms with Crippen molar-refractivity contribution in [1.29, 1.82) is 0 Å². The average Bonchev–Trinajstić information content (AvgIpc) is 3.39. The maximum Gasteiger partial charge on any atom is 0.406 e. The molecule has 3 aliphatic rings. The van der Waals surface area contributed by atoms with Crippen LogP contribution in [-0.2, 0) is 24.0 Å². The number of oxime groups is 1. The van der Waals surface area contributed by atoms with Crippen LogP contribution in [0.4, 0.5) is 18.3 Å². The van der Waals surface area contributed by atoms with Gasteiger partial charge in [0.15, 0.2) is 5.13 Å². The number of halogens is 3. The van der Waals surface area contributed by atoms with Gasteiger partial charge in [0.05, 0.1) is 0 Å². The first-order chi connectivity index (χ1) is 17.4. The molecule has 13 nitrogen and oxygen atoms in total. The number of carbonyl (C=O) groups excluding carboxylic acids is 3. The summed E-state index contributed by atoms with van der Waals surface area (Å²) in [5, 5.41) is 15.1. The monoisotopic (exact) mass is 561 g/mol. The number of fused-ring (bicyclic) bond motifs is 1. The van der Waals surface area contributed by atoms with Crippen LogP contribution in [0, 0.1) is 0 Å². The molecular weight excluding hydrogens is 543 g/mol. The van der Waals surface area contributed by atoms with Crippen LogP contribution in [-0.4, -0.2) is 97.2 Å². The number of carboxylic acid groups (broad SMARTS) is 1. The molecule has 0 radical (unpaired) electrons. The van der Waals surface area contributed by atoms with Gasteiger partial charge in [-0.1, -0.05) is 5.16 Å². The van der Waals surface area contributed by atoms with Gasteiger partial charge in [-0.25, -0.2) is 4.79 Å². The van der Waals surface area contributed by atoms with Gasteiger partial charge in [-0.05, 0) is 18.1 Å². The van der Waals surface area contributed by atoms with E-state index in [9.17, 15) is 37.5 Å². The number of rotatable bonds is 7. The zero-order valence-electron chi connectivity index (χ0n) is 18.8. The Labute approximate surface area is 214 Å². The van der Waals surface area contributed by atoms with Crippen molar-refractivity contribution in [2.75, 3.05) is 31.7 Å². The van der Waals surface area contributed by atoms with Crippen molar-refractivity contribution >= 4 is 57.8 Å². The topological polar surface area (TPSA) is 180 Å². The summed E-state index contributed by atoms with van der Waals surface area (Å²) in [7, 11) is 1.19. The van der Waals surface area contributed by atoms with Crippen molar-refractivity contribution in [2.24, 2.45) is 5.16 Å². The van der Waals surface area contributed by atoms with Gasteiger partial charge in [0.1, 0.15) is 30.8 Å². The van der Waals surface area contributed by atoms with Gasteiger partial charge in [-0.3, -0.25) is 19.3 Å². The predicted molar refractivity (Wildman–Crippen MR) is 123 cm³/mol. The molecule has 2 saturated heterocycles. The Hall–Kier alpha value is -3.67. The molecule has 3 amide bonds. The van der Waals surface area contributed by atoms with Crippen LogP contribution < -0.4 is 11.1 Å². The van der Waals surface area contributed by atoms with Gasteiger partial charge in [0, 0.05) is 29.4 Å². The Morgan fingerprint density at radius 2 is 2.11 bits per heavy atom. The molecule has 0 spiro atoms. The van der Waals surface area contributed by atoms with E-state index in [0.717, 1.165) is 28.2 Å². The molecule has 18 heteroatoms. The third-order valence-electron chi connectivity index (χ3n) is 5.47. The number of carboxylic acids is 1. The second-order valence-electron chi connectivity index (χ2n) is 7.88. The van der Waals surface area contributed by atoms with Crippen LogP contribution in [0.15, 0.2) is 28.1 Å². The summed E-state index contributed by atoms with van der Waals surface area (Å²) in [6, 6.07) is -1.12. The fraction of sp³-hybridized carbons (Fsp3) is 0.421. The first kappa shape index (κ1) is 26.4. The lowest BCUT2D eigenvalue weighted by Gasteiger charge is -2.49. The number of likely N-dealkylation sites (tertiary alicyclic amines) is 1. The van der Waals surface area contributed by atoms with Crippen LogP contribution in [0.2, 0.25) is 0 Å². The number of β-lactam (4-membered cyclic amide) rings is 1. The van der Waals surface area contributed by atoms with E-state index in [4.69, 9.17) is 5.73 Å². The molecule has 198 valence electrons. The fourth-order valence-corrected chi connectivity index (χ4v) is 5.69. The highest BCUT2D eigenvalue weighted by Gasteiger charge is 2.54. The molecule has 3 aliphatic heterocycles. The summed E-state index contributed by atoms with van der Waals surface area (Å²) >= 11 is 1.93. The Balaban J connectivity index is 1.53. The minimum Gasteiger partial charge on any atom is -0.477 e. The van der Waals surface area contributed by atoms with E-state index < -0.39 is 53.5 Å². The van der Waals surface area contributed by atoms with Crippen molar-refractivity contribution in [1.82, 2.24) is 24.5 Å². The zero-order chi connectivity index (χ0) is 27.1. The summed E-state index contributed by atoms with van der Waals surface area (Å²) in [5.74, 6) is -3.99. The number of nitrogens with two attached hydrogens (primary N) is 1. The number of anilines is 1. The Kier molecular flexibility index (Phi) is 7.13. The quantitative estimate of drug-likeness (QED) is 0.176. The number of carbonyl (C=O) groups is 4. The SMILES string of the molecule is CO/N=C(\C(=O)N[C@@H]1C(=O)N2C(C(=O)O)=C(/C=C3\CCN(CC(F)(F)F)C3=O)CS[C@H]12)c1nsc(N)n1. The Bertz CT molecular complexity index is 1260. The molecule has 0 aromatic carbocycles. The van der Waals surface area contributed by atoms with Gasteiger partial charge >= 0.3 is 12.1 Å². The lowest BCUT2D eigenvalue weighted by molar-refractivity contribution is -0.156. The fourth-order valence-electron chi connectivity index (χ4n) is 3.95. The number of alkyl halides is 3. The highest BCUT2D eigenvalue weighted by atomic mass is 32.2. The van der Waals surface area contributed by atoms with Gasteiger partial charge in [-0.15, -0.1) is 11.8 Å². The zero-order valence-corrected chi connectivity index (χ0v) is 20.4. The van der Waals surface area contributed by atoms with Crippen LogP contribution >= 0.6 is 23.3 Å². The second kappa shape index (κ2) is 10.0. The second-order valence-corrected chi connectivity index (χ2v) is 9.77. The molecule has 2 atom stereocenters. The van der Waals surface area contributed by atoms with Crippen LogP contribution in [0.3, 0.4) is 0 Å². The molecule has 4 heterocycles. The summed E-state index contributed by atoms with van der Waals surface area (Å²) in [6.45, 7) is -1.56. The van der Waals surface area contributed by atoms with Crippen molar-refractivity contribution in [2.45, 2.75) is 24.0 Å². The number of hydrogen-bond donors (Lipinski definition) is 3. The minimum absolute atomic E-state index is 0.00279. The summed E-state index contributed by atoms with van der Waals surface area (Å²) in [6.07, 6.45) is -3.33. The van der Waals surface area contributed by atoms with E-state index in [-0.39, 0.29) is 46.5 Å². The third-order valence-corrected chi connectivity index (χ3v) is 7.31. The molecule has 4 rings (SSSR count). The van der Waals surface area contributed by atoms with E-state index in [2.05, 4.69) is 24.7 Å². The lowest BCUT2D eigenvalue weighted by atomic mass is 10.0. The van der Waals surface area contributed by atoms with Crippen molar-refractivity contribution in [3.8, 4) is 0 Å². The maximum absolute atomic E-state index is 12.9. The molecule has 0 bridgehead atoms. The number of nitrogens with zero attached hydrogens (tertiary/aromatic N) is 5. The number of nitrogens with one attached hydrogen (secondary N) is 1. The molecule has 0 aliphatic carbocycles. The largest absolute Gasteiger partial charge is 0.477 e. The van der Waals surface area contributed by atoms with E-state index >= 15 is 0 Å². The molecule has 37 heavy (non-hydrogen) atoms. The van der Waals surface area contributed by atoms with E-state index in [1.165, 1.54) is 13.2 Å². The highest BCUT2D eigenvalue weighted by Crippen LogP contribution is 2.41. The van der Waals surface area contributed by atoms with Crippen molar-refractivity contribution < 1.29 is 42.3 Å². The molecular formula is C19H18F3N7O6S2. The van der Waals surface area contributed by atoms with E-state index in [1.807, 2.05) is 0 Å². The number of aliphatic carboxylic acids is 1. The van der Waals surface area contributed by atoms with Crippen LogP contribution in [0.25, 0.3) is 0 Å². The van der Waals surface area contributed by atoms with Gasteiger partial charge in [0.25, 0.3) is 11.8 Å². The third kappa shape index (κ3) is 5.24. The predicted octanol–water partition coefficient (Wildman–Crippen LogP) is -0.0696. The number of amides is 3. The van der Waals surface area contributed by atoms with Gasteiger partial charge in [0.2, 0.25) is 17.4 Å². The normalized spacial score (nSPS) is 23.4. The number of thioether (sulfide) groups is 1. The smallest absolute Gasteiger partial charge is 0.406 e. The van der Waals surface area contributed by atoms with Crippen LogP contribution in [0.5, 0.6) is 0 Å². The molecule has 1 aromatic rings. The summed E-state index contributed by atoms with van der Waals surface area (Å²) in [5.41, 5.74) is 4.91. The van der Waals surface area contributed by atoms with Gasteiger partial charge < -0.3 is 25.9 Å². The molecule has 1 aromatic heterocycles. The number of allylic oxidation sites excluding steroid dienone is 1. The number of aromatic nitrogens is 2. The highest BCUT2D eigenvalue weighted by molar-refractivity contribution is 8.00. The first-order valence-corrected chi connectivity index (χ1v) is 12.2. The maximum atomic E-state index is 12.9. The first-order valence-electron chi connectivity index (χ1n) is 10.4. The molecule has 4 N–H and O–H groups in total. The van der Waals surface area contributed by atoms with Gasteiger partial charge in [-0.2, -0.15) is 22.5 Å². The lowest BCUT2D eigenvalue weighted by Crippen LogP contribution is -2.71.